The van der Waals surface area contributed by atoms with E-state index in [2.05, 4.69) is 33.8 Å². The fourth-order valence-electron chi connectivity index (χ4n) is 2.58. The number of carbonyl (C=O) groups excluding carboxylic acids is 1. The Morgan fingerprint density at radius 1 is 1.33 bits per heavy atom. The van der Waals surface area contributed by atoms with Crippen molar-refractivity contribution >= 4 is 5.91 Å². The van der Waals surface area contributed by atoms with Crippen LogP contribution in [0.4, 0.5) is 0 Å². The molecule has 0 saturated carbocycles. The van der Waals surface area contributed by atoms with Crippen molar-refractivity contribution < 1.29 is 4.79 Å². The molecule has 0 radical (unpaired) electrons. The number of fused-ring (bicyclic) bond motifs is 1. The molecule has 108 valence electrons. The van der Waals surface area contributed by atoms with Gasteiger partial charge < -0.3 is 10.6 Å². The van der Waals surface area contributed by atoms with Crippen LogP contribution < -0.4 is 10.6 Å². The Balaban J connectivity index is 1.61. The summed E-state index contributed by atoms with van der Waals surface area (Å²) >= 11 is 0. The maximum atomic E-state index is 12.2. The van der Waals surface area contributed by atoms with E-state index in [4.69, 9.17) is 0 Å². The molecule has 2 heterocycles. The highest BCUT2D eigenvalue weighted by Crippen LogP contribution is 2.17. The summed E-state index contributed by atoms with van der Waals surface area (Å²) in [5.41, 5.74) is 4.77. The highest BCUT2D eigenvalue weighted by Gasteiger charge is 2.15. The van der Waals surface area contributed by atoms with Gasteiger partial charge in [-0.3, -0.25) is 9.78 Å². The Kier molecular flexibility index (Phi) is 3.97. The molecule has 1 unspecified atom stereocenters. The summed E-state index contributed by atoms with van der Waals surface area (Å²) in [5, 5.41) is 6.33. The summed E-state index contributed by atoms with van der Waals surface area (Å²) in [6.45, 7) is 4.33. The minimum atomic E-state index is -0.185. The number of pyridine rings is 1. The molecule has 3 rings (SSSR count). The monoisotopic (exact) mass is 281 g/mol. The second-order valence-corrected chi connectivity index (χ2v) is 5.43. The van der Waals surface area contributed by atoms with Crippen LogP contribution in [0.5, 0.6) is 0 Å². The van der Waals surface area contributed by atoms with Crippen molar-refractivity contribution in [1.29, 1.82) is 0 Å². The smallest absolute Gasteiger partial charge is 0.227 e. The number of aromatic nitrogens is 1. The molecule has 0 bridgehead atoms. The van der Waals surface area contributed by atoms with Crippen LogP contribution in [0, 0.1) is 0 Å². The van der Waals surface area contributed by atoms with Crippen LogP contribution in [0.2, 0.25) is 0 Å². The van der Waals surface area contributed by atoms with Gasteiger partial charge in [-0.1, -0.05) is 24.3 Å². The Bertz CT molecular complexity index is 640. The number of hydrogen-bond donors (Lipinski definition) is 2. The normalized spacial score (nSPS) is 14.5. The topological polar surface area (TPSA) is 54.0 Å². The average Bonchev–Trinajstić information content (AvgIpc) is 3.00. The zero-order valence-corrected chi connectivity index (χ0v) is 12.1. The van der Waals surface area contributed by atoms with E-state index < -0.39 is 0 Å². The highest BCUT2D eigenvalue weighted by molar-refractivity contribution is 5.83. The van der Waals surface area contributed by atoms with Crippen molar-refractivity contribution in [3.63, 3.8) is 0 Å². The van der Waals surface area contributed by atoms with Crippen molar-refractivity contribution in [2.45, 2.75) is 32.5 Å². The van der Waals surface area contributed by atoms with Crippen LogP contribution in [0.3, 0.4) is 0 Å². The predicted octanol–water partition coefficient (Wildman–Crippen LogP) is 2.10. The van der Waals surface area contributed by atoms with E-state index in [-0.39, 0.29) is 11.8 Å². The molecular formula is C17H19N3O. The molecule has 2 N–H and O–H groups in total. The van der Waals surface area contributed by atoms with Gasteiger partial charge in [-0.15, -0.1) is 0 Å². The molecule has 0 fully saturated rings. The van der Waals surface area contributed by atoms with Gasteiger partial charge in [-0.05, 0) is 35.2 Å². The summed E-state index contributed by atoms with van der Waals surface area (Å²) in [5.74, 6) is -0.156. The summed E-state index contributed by atoms with van der Waals surface area (Å²) in [7, 11) is 0. The zero-order chi connectivity index (χ0) is 14.7. The van der Waals surface area contributed by atoms with Gasteiger partial charge in [0.1, 0.15) is 0 Å². The summed E-state index contributed by atoms with van der Waals surface area (Å²) in [6, 6.07) is 10.2. The first-order valence-corrected chi connectivity index (χ1v) is 7.23. The molecular weight excluding hydrogens is 262 g/mol. The van der Waals surface area contributed by atoms with Crippen LogP contribution in [0.15, 0.2) is 42.7 Å². The molecule has 1 atom stereocenters. The molecule has 1 aromatic carbocycles. The molecule has 4 heteroatoms. The summed E-state index contributed by atoms with van der Waals surface area (Å²) in [6.07, 6.45) is 3.46. The maximum Gasteiger partial charge on any atom is 0.227 e. The zero-order valence-electron chi connectivity index (χ0n) is 12.1. The van der Waals surface area contributed by atoms with E-state index in [1.165, 1.54) is 11.1 Å². The first-order valence-electron chi connectivity index (χ1n) is 7.23. The number of benzene rings is 1. The number of nitrogens with zero attached hydrogens (tertiary/aromatic N) is 1. The van der Waals surface area contributed by atoms with Crippen LogP contribution in [0.1, 0.15) is 35.1 Å². The minimum Gasteiger partial charge on any atom is -0.352 e. The van der Waals surface area contributed by atoms with E-state index in [9.17, 15) is 4.79 Å². The van der Waals surface area contributed by atoms with Crippen LogP contribution >= 0.6 is 0 Å². The Labute approximate surface area is 124 Å². The SMILES string of the molecule is CC(C(=O)NCc1ccc2c(c1)CNC2)c1cccnc1. The second-order valence-electron chi connectivity index (χ2n) is 5.43. The fourth-order valence-corrected chi connectivity index (χ4v) is 2.58. The number of nitrogens with one attached hydrogen (secondary N) is 2. The number of rotatable bonds is 4. The van der Waals surface area contributed by atoms with E-state index in [0.29, 0.717) is 6.54 Å². The van der Waals surface area contributed by atoms with Crippen LogP contribution in [-0.4, -0.2) is 10.9 Å². The third-order valence-electron chi connectivity index (χ3n) is 3.95. The largest absolute Gasteiger partial charge is 0.352 e. The predicted molar refractivity (Wildman–Crippen MR) is 81.5 cm³/mol. The molecule has 1 aliphatic heterocycles. The molecule has 1 aromatic heterocycles. The molecule has 1 aliphatic rings. The van der Waals surface area contributed by atoms with E-state index >= 15 is 0 Å². The lowest BCUT2D eigenvalue weighted by Gasteiger charge is -2.12. The van der Waals surface area contributed by atoms with Gasteiger partial charge >= 0.3 is 0 Å². The van der Waals surface area contributed by atoms with Crippen LogP contribution in [0.25, 0.3) is 0 Å². The molecule has 2 aromatic rings. The standard InChI is InChI=1S/C17H19N3O/c1-12(14-3-2-6-18-9-14)17(21)20-8-13-4-5-15-10-19-11-16(15)7-13/h2-7,9,12,19H,8,10-11H2,1H3,(H,20,21). The van der Waals surface area contributed by atoms with Crippen LogP contribution in [-0.2, 0) is 24.4 Å². The molecule has 0 aliphatic carbocycles. The minimum absolute atomic E-state index is 0.0293. The van der Waals surface area contributed by atoms with E-state index in [1.807, 2.05) is 19.1 Å². The summed E-state index contributed by atoms with van der Waals surface area (Å²) in [4.78, 5) is 16.3. The Morgan fingerprint density at radius 2 is 2.19 bits per heavy atom. The molecule has 0 spiro atoms. The third-order valence-corrected chi connectivity index (χ3v) is 3.95. The first-order chi connectivity index (χ1) is 10.2. The van der Waals surface area contributed by atoms with Gasteiger partial charge in [0, 0.05) is 32.0 Å². The van der Waals surface area contributed by atoms with Gasteiger partial charge in [0.05, 0.1) is 5.92 Å². The quantitative estimate of drug-likeness (QED) is 0.902. The second kappa shape index (κ2) is 6.06. The maximum absolute atomic E-state index is 12.2. The lowest BCUT2D eigenvalue weighted by Crippen LogP contribution is -2.27. The van der Waals surface area contributed by atoms with Gasteiger partial charge in [-0.2, -0.15) is 0 Å². The van der Waals surface area contributed by atoms with E-state index in [0.717, 1.165) is 24.2 Å². The van der Waals surface area contributed by atoms with Gasteiger partial charge in [0.25, 0.3) is 0 Å². The Hall–Kier alpha value is -2.20. The summed E-state index contributed by atoms with van der Waals surface area (Å²) < 4.78 is 0. The van der Waals surface area contributed by atoms with Gasteiger partial charge in [0.2, 0.25) is 5.91 Å². The third kappa shape index (κ3) is 3.11. The Morgan fingerprint density at radius 3 is 3.00 bits per heavy atom. The lowest BCUT2D eigenvalue weighted by molar-refractivity contribution is -0.122. The molecule has 21 heavy (non-hydrogen) atoms. The lowest BCUT2D eigenvalue weighted by atomic mass is 10.0. The van der Waals surface area contributed by atoms with Crippen molar-refractivity contribution in [3.8, 4) is 0 Å². The molecule has 4 nitrogen and oxygen atoms in total. The van der Waals surface area contributed by atoms with Gasteiger partial charge in [0.15, 0.2) is 0 Å². The highest BCUT2D eigenvalue weighted by atomic mass is 16.1. The van der Waals surface area contributed by atoms with Crippen molar-refractivity contribution in [2.75, 3.05) is 0 Å². The molecule has 0 saturated heterocycles. The fraction of sp³-hybridized carbons (Fsp3) is 0.294. The number of hydrogen-bond acceptors (Lipinski definition) is 3. The van der Waals surface area contributed by atoms with Crippen molar-refractivity contribution in [1.82, 2.24) is 15.6 Å². The van der Waals surface area contributed by atoms with E-state index in [1.54, 1.807) is 12.4 Å². The first kappa shape index (κ1) is 13.8. The van der Waals surface area contributed by atoms with Gasteiger partial charge in [-0.25, -0.2) is 0 Å². The van der Waals surface area contributed by atoms with Crippen molar-refractivity contribution in [3.05, 3.63) is 65.0 Å². The van der Waals surface area contributed by atoms with Crippen molar-refractivity contribution in [2.24, 2.45) is 0 Å². The number of carbonyl (C=O) groups is 1. The number of amides is 1. The average molecular weight is 281 g/mol. The molecule has 1 amide bonds.